The summed E-state index contributed by atoms with van der Waals surface area (Å²) in [6.07, 6.45) is -2.91. The average Bonchev–Trinajstić information content (AvgIpc) is 3.35. The molecule has 42 heavy (non-hydrogen) atoms. The van der Waals surface area contributed by atoms with Gasteiger partial charge in [0.1, 0.15) is 0 Å². The number of nitrogens with zero attached hydrogens (tertiary/aromatic N) is 2. The number of hydrogen-bond donors (Lipinski definition) is 4. The second kappa shape index (κ2) is 14.4. The lowest BCUT2D eigenvalue weighted by Crippen LogP contribution is -2.43. The third-order valence-corrected chi connectivity index (χ3v) is 7.93. The van der Waals surface area contributed by atoms with E-state index in [0.29, 0.717) is 37.2 Å². The van der Waals surface area contributed by atoms with E-state index in [1.165, 1.54) is 0 Å². The number of benzene rings is 2. The van der Waals surface area contributed by atoms with E-state index in [2.05, 4.69) is 20.3 Å². The van der Waals surface area contributed by atoms with E-state index >= 15 is 0 Å². The molecule has 2 aliphatic heterocycles. The van der Waals surface area contributed by atoms with Crippen LogP contribution < -0.4 is 20.3 Å². The van der Waals surface area contributed by atoms with Crippen molar-refractivity contribution in [2.45, 2.75) is 37.3 Å². The van der Waals surface area contributed by atoms with Gasteiger partial charge >= 0.3 is 12.1 Å². The number of alkyl halides is 3. The van der Waals surface area contributed by atoms with Gasteiger partial charge in [-0.2, -0.15) is 13.2 Å². The van der Waals surface area contributed by atoms with Crippen LogP contribution in [0.3, 0.4) is 0 Å². The molecule has 4 N–H and O–H groups in total. The Morgan fingerprint density at radius 2 is 1.76 bits per heavy atom. The second-order valence-electron chi connectivity index (χ2n) is 9.79. The number of sulfonamides is 1. The molecule has 2 aliphatic rings. The lowest BCUT2D eigenvalue weighted by molar-refractivity contribution is -0.192. The smallest absolute Gasteiger partial charge is 0.475 e. The van der Waals surface area contributed by atoms with Crippen molar-refractivity contribution in [1.29, 1.82) is 0 Å². The van der Waals surface area contributed by atoms with E-state index in [9.17, 15) is 31.2 Å². The fourth-order valence-electron chi connectivity index (χ4n) is 4.44. The molecule has 0 unspecified atom stereocenters. The average molecular weight is 614 g/mol. The molecule has 0 bridgehead atoms. The fraction of sp³-hybridized carbons (Fsp3) is 0.444. The van der Waals surface area contributed by atoms with Crippen LogP contribution in [0.5, 0.6) is 0 Å². The monoisotopic (exact) mass is 613 g/mol. The highest BCUT2D eigenvalue weighted by Crippen LogP contribution is 2.30. The van der Waals surface area contributed by atoms with Crippen molar-refractivity contribution in [3.8, 4) is 0 Å². The van der Waals surface area contributed by atoms with E-state index in [0.717, 1.165) is 50.4 Å². The first-order chi connectivity index (χ1) is 19.8. The number of aliphatic carboxylic acids is 1. The number of anilines is 2. The number of halogens is 3. The van der Waals surface area contributed by atoms with Crippen molar-refractivity contribution in [3.05, 3.63) is 53.6 Å². The highest BCUT2D eigenvalue weighted by molar-refractivity contribution is 7.92. The number of carboxylic acids is 1. The highest BCUT2D eigenvalue weighted by Gasteiger charge is 2.38. The number of carbonyl (C=O) groups is 3. The predicted octanol–water partition coefficient (Wildman–Crippen LogP) is 2.58. The van der Waals surface area contributed by atoms with Gasteiger partial charge in [-0.25, -0.2) is 13.2 Å². The van der Waals surface area contributed by atoms with Crippen LogP contribution in [0.4, 0.5) is 24.5 Å². The normalized spacial score (nSPS) is 15.6. The third-order valence-electron chi connectivity index (χ3n) is 6.56. The number of carbonyl (C=O) groups excluding carboxylic acids is 2. The molecule has 0 radical (unpaired) electrons. The van der Waals surface area contributed by atoms with Gasteiger partial charge in [-0.05, 0) is 55.7 Å². The molecule has 0 aromatic heterocycles. The van der Waals surface area contributed by atoms with Crippen LogP contribution in [-0.2, 0) is 19.6 Å². The van der Waals surface area contributed by atoms with E-state index in [4.69, 9.17) is 9.90 Å². The minimum atomic E-state index is -5.08. The van der Waals surface area contributed by atoms with Gasteiger partial charge < -0.3 is 25.5 Å². The fourth-order valence-corrected chi connectivity index (χ4v) is 5.61. The van der Waals surface area contributed by atoms with Crippen molar-refractivity contribution in [1.82, 2.24) is 15.5 Å². The van der Waals surface area contributed by atoms with Crippen molar-refractivity contribution in [3.63, 3.8) is 0 Å². The van der Waals surface area contributed by atoms with Gasteiger partial charge in [-0.1, -0.05) is 12.1 Å². The van der Waals surface area contributed by atoms with Crippen LogP contribution in [0.15, 0.2) is 47.4 Å². The Kier molecular flexibility index (Phi) is 11.2. The van der Waals surface area contributed by atoms with Gasteiger partial charge in [-0.3, -0.25) is 14.3 Å². The van der Waals surface area contributed by atoms with Crippen molar-refractivity contribution >= 4 is 39.2 Å². The summed E-state index contributed by atoms with van der Waals surface area (Å²) in [7, 11) is -3.84. The van der Waals surface area contributed by atoms with Crippen molar-refractivity contribution in [2.75, 3.05) is 55.4 Å². The Morgan fingerprint density at radius 3 is 2.36 bits per heavy atom. The topological polar surface area (TPSA) is 148 Å². The molecular formula is C27H34F3N5O6S. The highest BCUT2D eigenvalue weighted by atomic mass is 32.2. The molecule has 230 valence electrons. The quantitative estimate of drug-likeness (QED) is 0.316. The zero-order valence-corrected chi connectivity index (χ0v) is 23.9. The molecule has 2 aromatic rings. The summed E-state index contributed by atoms with van der Waals surface area (Å²) in [5.41, 5.74) is 2.34. The van der Waals surface area contributed by atoms with Crippen LogP contribution in [0, 0.1) is 6.92 Å². The largest absolute Gasteiger partial charge is 0.490 e. The molecule has 11 nitrogen and oxygen atoms in total. The Hall–Kier alpha value is -3.85. The first kappa shape index (κ1) is 32.7. The van der Waals surface area contributed by atoms with Gasteiger partial charge in [0.15, 0.2) is 0 Å². The van der Waals surface area contributed by atoms with Gasteiger partial charge in [0.05, 0.1) is 16.3 Å². The molecule has 0 saturated carbocycles. The SMILES string of the molecule is Cc1cccc(S(=O)(=O)Nc2cc(C(=O)NCCCN3CCCC3=O)ccc2N2CCNCC2)c1.O=C(O)C(F)(F)F. The zero-order chi connectivity index (χ0) is 30.9. The first-order valence-corrected chi connectivity index (χ1v) is 14.8. The number of aryl methyl sites for hydroxylation is 1. The molecule has 2 saturated heterocycles. The second-order valence-corrected chi connectivity index (χ2v) is 11.5. The first-order valence-electron chi connectivity index (χ1n) is 13.3. The van der Waals surface area contributed by atoms with Crippen LogP contribution in [0.1, 0.15) is 35.2 Å². The number of likely N-dealkylation sites (tertiary alicyclic amines) is 1. The molecule has 15 heteroatoms. The summed E-state index contributed by atoms with van der Waals surface area (Å²) in [6, 6.07) is 11.9. The number of amides is 2. The Morgan fingerprint density at radius 1 is 1.07 bits per heavy atom. The predicted molar refractivity (Wildman–Crippen MR) is 150 cm³/mol. The number of carboxylic acid groups (broad SMARTS) is 1. The number of hydrogen-bond acceptors (Lipinski definition) is 7. The number of piperazine rings is 1. The van der Waals surface area contributed by atoms with Gasteiger partial charge in [0.2, 0.25) is 5.91 Å². The summed E-state index contributed by atoms with van der Waals surface area (Å²) in [5.74, 6) is -2.86. The Balaban J connectivity index is 0.000000616. The standard InChI is InChI=1S/C25H33N5O4S.C2HF3O2/c1-19-5-2-6-21(17-19)35(33,34)28-22-18-20(8-9-23(22)29-15-11-26-12-16-29)25(32)27-10-4-14-30-13-3-7-24(30)31;3-2(4,5)1(6)7/h2,5-6,8-9,17-18,26,28H,3-4,7,10-16H2,1H3,(H,27,32);(H,6,7). The zero-order valence-electron chi connectivity index (χ0n) is 23.0. The molecule has 2 fully saturated rings. The summed E-state index contributed by atoms with van der Waals surface area (Å²) < 4.78 is 60.8. The summed E-state index contributed by atoms with van der Waals surface area (Å²) in [6.45, 7) is 6.76. The van der Waals surface area contributed by atoms with Crippen LogP contribution in [0.25, 0.3) is 0 Å². The Labute approximate surface area is 242 Å². The Bertz CT molecular complexity index is 1380. The van der Waals surface area contributed by atoms with Crippen LogP contribution in [-0.4, -0.2) is 88.2 Å². The van der Waals surface area contributed by atoms with Crippen molar-refractivity contribution in [2.24, 2.45) is 0 Å². The van der Waals surface area contributed by atoms with E-state index in [1.807, 2.05) is 17.9 Å². The summed E-state index contributed by atoms with van der Waals surface area (Å²) in [5, 5.41) is 13.3. The van der Waals surface area contributed by atoms with E-state index < -0.39 is 22.2 Å². The van der Waals surface area contributed by atoms with E-state index in [1.54, 1.807) is 36.4 Å². The maximum Gasteiger partial charge on any atom is 0.490 e. The molecule has 2 aromatic carbocycles. The van der Waals surface area contributed by atoms with E-state index in [-0.39, 0.29) is 16.7 Å². The maximum atomic E-state index is 13.2. The molecular weight excluding hydrogens is 579 g/mol. The van der Waals surface area contributed by atoms with Gasteiger partial charge in [-0.15, -0.1) is 0 Å². The third kappa shape index (κ3) is 9.34. The molecule has 0 aliphatic carbocycles. The summed E-state index contributed by atoms with van der Waals surface area (Å²) in [4.78, 5) is 37.6. The molecule has 2 heterocycles. The molecule has 0 atom stereocenters. The maximum absolute atomic E-state index is 13.2. The molecule has 0 spiro atoms. The molecule has 2 amide bonds. The molecule has 4 rings (SSSR count). The lowest BCUT2D eigenvalue weighted by atomic mass is 10.1. The minimum Gasteiger partial charge on any atom is -0.475 e. The van der Waals surface area contributed by atoms with Crippen LogP contribution >= 0.6 is 0 Å². The van der Waals surface area contributed by atoms with Gasteiger partial charge in [0.25, 0.3) is 15.9 Å². The van der Waals surface area contributed by atoms with Crippen molar-refractivity contribution < 1.29 is 41.1 Å². The summed E-state index contributed by atoms with van der Waals surface area (Å²) >= 11 is 0. The van der Waals surface area contributed by atoms with Gasteiger partial charge in [0, 0.05) is 57.8 Å². The number of nitrogens with one attached hydrogen (secondary N) is 3. The van der Waals surface area contributed by atoms with Crippen LogP contribution in [0.2, 0.25) is 0 Å². The lowest BCUT2D eigenvalue weighted by Gasteiger charge is -2.31. The minimum absolute atomic E-state index is 0.172. The number of rotatable bonds is 9.